The Bertz CT molecular complexity index is 1800. The number of hydrogen-bond acceptors (Lipinski definition) is 5. The minimum atomic E-state index is -3.98. The van der Waals surface area contributed by atoms with Gasteiger partial charge in [-0.05, 0) is 79.1 Å². The molecule has 10 heteroatoms. The summed E-state index contributed by atoms with van der Waals surface area (Å²) in [5, 5.41) is 1.06. The molecule has 182 valence electrons. The first kappa shape index (κ1) is 23.8. The number of anilines is 1. The van der Waals surface area contributed by atoms with Gasteiger partial charge < -0.3 is 4.42 Å². The Balaban J connectivity index is 1.62. The number of rotatable bonds is 5. The molecule has 0 aliphatic rings. The molecule has 5 aromatic rings. The standard InChI is InChI=1S/C26H19ClFN3O4S/c1-15-11-17(3-6-21(15)27)20-12-16(2)24(14-22(20)28)31-23-7-5-19(13-18(23)4-8-25(31)32)36(33,34)30-26-29-9-10-35-26/h3-14H,1-2H3,(H,29,30). The fourth-order valence-corrected chi connectivity index (χ4v) is 5.13. The molecule has 2 aromatic heterocycles. The highest BCUT2D eigenvalue weighted by molar-refractivity contribution is 7.92. The summed E-state index contributed by atoms with van der Waals surface area (Å²) in [5.41, 5.74) is 2.94. The van der Waals surface area contributed by atoms with Gasteiger partial charge in [0, 0.05) is 22.0 Å². The summed E-state index contributed by atoms with van der Waals surface area (Å²) in [6.45, 7) is 3.63. The van der Waals surface area contributed by atoms with E-state index in [9.17, 15) is 13.2 Å². The second-order valence-electron chi connectivity index (χ2n) is 8.25. The van der Waals surface area contributed by atoms with Crippen molar-refractivity contribution in [2.24, 2.45) is 0 Å². The molecule has 0 saturated carbocycles. The largest absolute Gasteiger partial charge is 0.432 e. The van der Waals surface area contributed by atoms with Gasteiger partial charge in [-0.2, -0.15) is 0 Å². The molecule has 5 rings (SSSR count). The van der Waals surface area contributed by atoms with Crippen LogP contribution in [0.5, 0.6) is 0 Å². The lowest BCUT2D eigenvalue weighted by Gasteiger charge is -2.16. The van der Waals surface area contributed by atoms with Crippen molar-refractivity contribution >= 4 is 38.5 Å². The fraction of sp³-hybridized carbons (Fsp3) is 0.0769. The summed E-state index contributed by atoms with van der Waals surface area (Å²) in [7, 11) is -3.98. The van der Waals surface area contributed by atoms with Crippen molar-refractivity contribution in [2.45, 2.75) is 18.7 Å². The molecule has 0 aliphatic carbocycles. The van der Waals surface area contributed by atoms with Crippen molar-refractivity contribution in [3.63, 3.8) is 0 Å². The zero-order chi connectivity index (χ0) is 25.6. The Morgan fingerprint density at radius 3 is 2.53 bits per heavy atom. The van der Waals surface area contributed by atoms with Gasteiger partial charge in [0.05, 0.1) is 22.3 Å². The highest BCUT2D eigenvalue weighted by Gasteiger charge is 2.19. The predicted octanol–water partition coefficient (Wildman–Crippen LogP) is 5.86. The molecule has 0 radical (unpaired) electrons. The van der Waals surface area contributed by atoms with Gasteiger partial charge >= 0.3 is 6.01 Å². The van der Waals surface area contributed by atoms with Crippen LogP contribution in [0.25, 0.3) is 27.7 Å². The van der Waals surface area contributed by atoms with Crippen LogP contribution in [0.1, 0.15) is 11.1 Å². The second-order valence-corrected chi connectivity index (χ2v) is 10.3. The van der Waals surface area contributed by atoms with Crippen molar-refractivity contribution in [1.82, 2.24) is 9.55 Å². The van der Waals surface area contributed by atoms with Crippen LogP contribution in [-0.4, -0.2) is 18.0 Å². The van der Waals surface area contributed by atoms with E-state index in [1.54, 1.807) is 31.2 Å². The molecule has 7 nitrogen and oxygen atoms in total. The number of benzene rings is 3. The Morgan fingerprint density at radius 1 is 1.00 bits per heavy atom. The van der Waals surface area contributed by atoms with E-state index in [0.717, 1.165) is 5.56 Å². The molecule has 0 saturated heterocycles. The van der Waals surface area contributed by atoms with E-state index in [0.29, 0.717) is 38.3 Å². The lowest BCUT2D eigenvalue weighted by atomic mass is 9.99. The van der Waals surface area contributed by atoms with Crippen molar-refractivity contribution < 1.29 is 17.2 Å². The molecule has 0 bridgehead atoms. The second kappa shape index (κ2) is 8.92. The number of oxazole rings is 1. The Kier molecular flexibility index (Phi) is 5.89. The van der Waals surface area contributed by atoms with Gasteiger partial charge in [-0.1, -0.05) is 17.7 Å². The third-order valence-electron chi connectivity index (χ3n) is 5.83. The quantitative estimate of drug-likeness (QED) is 0.311. The smallest absolute Gasteiger partial charge is 0.308 e. The number of aromatic nitrogens is 2. The molecule has 3 aromatic carbocycles. The van der Waals surface area contributed by atoms with E-state index in [1.807, 2.05) is 6.92 Å². The highest BCUT2D eigenvalue weighted by atomic mass is 35.5. The summed E-state index contributed by atoms with van der Waals surface area (Å²) in [4.78, 5) is 16.6. The molecule has 0 atom stereocenters. The van der Waals surface area contributed by atoms with Crippen LogP contribution in [-0.2, 0) is 10.0 Å². The summed E-state index contributed by atoms with van der Waals surface area (Å²) in [6.07, 6.45) is 2.57. The summed E-state index contributed by atoms with van der Waals surface area (Å²) in [5.74, 6) is -0.504. The van der Waals surface area contributed by atoms with Crippen LogP contribution in [0.2, 0.25) is 5.02 Å². The van der Waals surface area contributed by atoms with E-state index < -0.39 is 15.8 Å². The first-order valence-electron chi connectivity index (χ1n) is 10.8. The van der Waals surface area contributed by atoms with Crippen LogP contribution < -0.4 is 10.3 Å². The van der Waals surface area contributed by atoms with Crippen LogP contribution >= 0.6 is 11.6 Å². The number of nitrogens with one attached hydrogen (secondary N) is 1. The number of halogens is 2. The van der Waals surface area contributed by atoms with Crippen LogP contribution in [0, 0.1) is 19.7 Å². The number of sulfonamides is 1. The number of nitrogens with zero attached hydrogens (tertiary/aromatic N) is 2. The molecular weight excluding hydrogens is 505 g/mol. The Labute approximate surface area is 210 Å². The molecule has 0 amide bonds. The molecule has 36 heavy (non-hydrogen) atoms. The average Bonchev–Trinajstić information content (AvgIpc) is 3.34. The van der Waals surface area contributed by atoms with Gasteiger partial charge in [0.25, 0.3) is 15.6 Å². The minimum absolute atomic E-state index is 0.0465. The van der Waals surface area contributed by atoms with Gasteiger partial charge in [0.15, 0.2) is 0 Å². The first-order chi connectivity index (χ1) is 17.1. The maximum Gasteiger partial charge on any atom is 0.308 e. The Morgan fingerprint density at radius 2 is 1.81 bits per heavy atom. The van der Waals surface area contributed by atoms with Crippen LogP contribution in [0.4, 0.5) is 10.4 Å². The van der Waals surface area contributed by atoms with Gasteiger partial charge in [-0.25, -0.2) is 22.5 Å². The van der Waals surface area contributed by atoms with E-state index in [2.05, 4.69) is 9.71 Å². The van der Waals surface area contributed by atoms with Crippen molar-refractivity contribution in [1.29, 1.82) is 0 Å². The molecule has 0 aliphatic heterocycles. The monoisotopic (exact) mass is 523 g/mol. The van der Waals surface area contributed by atoms with Crippen LogP contribution in [0.3, 0.4) is 0 Å². The maximum absolute atomic E-state index is 15.3. The zero-order valence-electron chi connectivity index (χ0n) is 19.1. The van der Waals surface area contributed by atoms with Crippen LogP contribution in [0.15, 0.2) is 87.2 Å². The lowest BCUT2D eigenvalue weighted by molar-refractivity contribution is 0.570. The number of fused-ring (bicyclic) bond motifs is 1. The topological polar surface area (TPSA) is 94.2 Å². The molecule has 0 spiro atoms. The van der Waals surface area contributed by atoms with Gasteiger partial charge in [0.2, 0.25) is 0 Å². The van der Waals surface area contributed by atoms with Crippen molar-refractivity contribution in [3.8, 4) is 16.8 Å². The van der Waals surface area contributed by atoms with Gasteiger partial charge in [0.1, 0.15) is 12.1 Å². The fourth-order valence-electron chi connectivity index (χ4n) is 4.03. The molecule has 0 fully saturated rings. The summed E-state index contributed by atoms with van der Waals surface area (Å²) in [6, 6.07) is 15.2. The minimum Gasteiger partial charge on any atom is -0.432 e. The molecular formula is C26H19ClFN3O4S. The lowest BCUT2D eigenvalue weighted by Crippen LogP contribution is -2.19. The summed E-state index contributed by atoms with van der Waals surface area (Å²) >= 11 is 6.11. The first-order valence-corrected chi connectivity index (χ1v) is 12.7. The zero-order valence-corrected chi connectivity index (χ0v) is 20.7. The Hall–Kier alpha value is -3.95. The third-order valence-corrected chi connectivity index (χ3v) is 7.57. The number of pyridine rings is 1. The van der Waals surface area contributed by atoms with E-state index in [4.69, 9.17) is 16.0 Å². The van der Waals surface area contributed by atoms with Gasteiger partial charge in [-0.3, -0.25) is 9.36 Å². The SMILES string of the molecule is Cc1cc(-c2cc(C)c(-n3c(=O)ccc4cc(S(=O)(=O)Nc5ncco5)ccc43)cc2F)ccc1Cl. The number of hydrogen-bond donors (Lipinski definition) is 1. The van der Waals surface area contributed by atoms with Gasteiger partial charge in [-0.15, -0.1) is 0 Å². The number of aryl methyl sites for hydroxylation is 2. The maximum atomic E-state index is 15.3. The van der Waals surface area contributed by atoms with Crippen molar-refractivity contribution in [3.05, 3.63) is 105 Å². The highest BCUT2D eigenvalue weighted by Crippen LogP contribution is 2.31. The van der Waals surface area contributed by atoms with E-state index in [-0.39, 0.29) is 16.5 Å². The summed E-state index contributed by atoms with van der Waals surface area (Å²) < 4.78 is 49.4. The molecule has 0 unspecified atom stereocenters. The third kappa shape index (κ3) is 4.27. The molecule has 1 N–H and O–H groups in total. The van der Waals surface area contributed by atoms with Crippen molar-refractivity contribution in [2.75, 3.05) is 4.72 Å². The average molecular weight is 524 g/mol. The normalized spacial score (nSPS) is 11.7. The molecule has 2 heterocycles. The van der Waals surface area contributed by atoms with E-state index in [1.165, 1.54) is 53.4 Å². The predicted molar refractivity (Wildman–Crippen MR) is 137 cm³/mol. The van der Waals surface area contributed by atoms with E-state index >= 15 is 4.39 Å².